The fraction of sp³-hybridized carbons (Fsp3) is 0.364. The molecule has 164 valence electrons. The monoisotopic (exact) mass is 475 g/mol. The van der Waals surface area contributed by atoms with Crippen LogP contribution in [0.15, 0.2) is 52.3 Å². The summed E-state index contributed by atoms with van der Waals surface area (Å²) in [7, 11) is -3.57. The number of aromatic nitrogens is 1. The maximum Gasteiger partial charge on any atom is 0.244 e. The Hall–Kier alpha value is -1.94. The standard InChI is InChI=1S/C22H25N3O3S3/c1-3-15-7-6-9-18-20(15)23-22(30-18)24-21(26)16-11-13-25(14-12-16)31(27,28)19-10-5-4-8-17(19)29-2/h4-10,16H,3,11-14H2,1-2H3,(H,23,24,26). The van der Waals surface area contributed by atoms with E-state index in [-0.39, 0.29) is 11.8 Å². The van der Waals surface area contributed by atoms with Crippen molar-refractivity contribution in [3.8, 4) is 0 Å². The first-order valence-electron chi connectivity index (χ1n) is 10.3. The van der Waals surface area contributed by atoms with Crippen molar-refractivity contribution in [2.75, 3.05) is 24.7 Å². The van der Waals surface area contributed by atoms with Gasteiger partial charge in [-0.1, -0.05) is 42.5 Å². The third-order valence-electron chi connectivity index (χ3n) is 5.63. The number of nitrogens with one attached hydrogen (secondary N) is 1. The molecule has 0 spiro atoms. The van der Waals surface area contributed by atoms with E-state index in [1.54, 1.807) is 12.1 Å². The maximum atomic E-state index is 13.1. The Balaban J connectivity index is 1.42. The lowest BCUT2D eigenvalue weighted by atomic mass is 9.97. The lowest BCUT2D eigenvalue weighted by molar-refractivity contribution is -0.120. The second-order valence-electron chi connectivity index (χ2n) is 7.45. The molecule has 0 unspecified atom stereocenters. The second-order valence-corrected chi connectivity index (χ2v) is 11.2. The van der Waals surface area contributed by atoms with Crippen LogP contribution in [0.1, 0.15) is 25.3 Å². The van der Waals surface area contributed by atoms with Gasteiger partial charge < -0.3 is 5.32 Å². The highest BCUT2D eigenvalue weighted by Crippen LogP contribution is 2.32. The molecule has 0 bridgehead atoms. The molecule has 1 amide bonds. The molecule has 2 aromatic carbocycles. The summed E-state index contributed by atoms with van der Waals surface area (Å²) >= 11 is 2.90. The fourth-order valence-electron chi connectivity index (χ4n) is 3.88. The zero-order chi connectivity index (χ0) is 22.0. The number of hydrogen-bond donors (Lipinski definition) is 1. The molecule has 1 saturated heterocycles. The Morgan fingerprint density at radius 2 is 1.94 bits per heavy atom. The molecule has 1 aliphatic rings. The minimum absolute atomic E-state index is 0.0846. The predicted molar refractivity (Wildman–Crippen MR) is 127 cm³/mol. The summed E-state index contributed by atoms with van der Waals surface area (Å²) in [6, 6.07) is 13.1. The van der Waals surface area contributed by atoms with Crippen LogP contribution in [-0.4, -0.2) is 43.0 Å². The summed E-state index contributed by atoms with van der Waals surface area (Å²) in [6.07, 6.45) is 3.76. The van der Waals surface area contributed by atoms with E-state index in [9.17, 15) is 13.2 Å². The van der Waals surface area contributed by atoms with E-state index >= 15 is 0 Å². The van der Waals surface area contributed by atoms with Crippen LogP contribution >= 0.6 is 23.1 Å². The van der Waals surface area contributed by atoms with Crippen molar-refractivity contribution in [1.82, 2.24) is 9.29 Å². The Labute approximate surface area is 191 Å². The number of nitrogens with zero attached hydrogens (tertiary/aromatic N) is 2. The molecule has 9 heteroatoms. The Morgan fingerprint density at radius 3 is 2.65 bits per heavy atom. The van der Waals surface area contributed by atoms with Crippen molar-refractivity contribution >= 4 is 54.4 Å². The molecule has 4 rings (SSSR count). The van der Waals surface area contributed by atoms with E-state index in [4.69, 9.17) is 0 Å². The van der Waals surface area contributed by atoms with Crippen LogP contribution in [-0.2, 0) is 21.2 Å². The van der Waals surface area contributed by atoms with Crippen LogP contribution in [0, 0.1) is 5.92 Å². The summed E-state index contributed by atoms with van der Waals surface area (Å²) in [5, 5.41) is 3.55. The maximum absolute atomic E-state index is 13.1. The van der Waals surface area contributed by atoms with Crippen molar-refractivity contribution in [3.63, 3.8) is 0 Å². The number of thioether (sulfide) groups is 1. The van der Waals surface area contributed by atoms with Crippen LogP contribution in [0.5, 0.6) is 0 Å². The lowest BCUT2D eigenvalue weighted by Gasteiger charge is -2.30. The average molecular weight is 476 g/mol. The smallest absolute Gasteiger partial charge is 0.244 e. The Kier molecular flexibility index (Phi) is 6.66. The molecule has 1 aliphatic heterocycles. The van der Waals surface area contributed by atoms with E-state index in [1.165, 1.54) is 33.0 Å². The number of thiazole rings is 1. The van der Waals surface area contributed by atoms with Crippen LogP contribution in [0.25, 0.3) is 10.2 Å². The summed E-state index contributed by atoms with van der Waals surface area (Å²) in [4.78, 5) is 18.5. The molecule has 31 heavy (non-hydrogen) atoms. The number of benzene rings is 2. The number of para-hydroxylation sites is 1. The van der Waals surface area contributed by atoms with Gasteiger partial charge in [-0.3, -0.25) is 4.79 Å². The zero-order valence-corrected chi connectivity index (χ0v) is 19.9. The molecule has 6 nitrogen and oxygen atoms in total. The third kappa shape index (κ3) is 4.50. The summed E-state index contributed by atoms with van der Waals surface area (Å²) < 4.78 is 28.8. The van der Waals surface area contributed by atoms with Crippen LogP contribution < -0.4 is 5.32 Å². The van der Waals surface area contributed by atoms with E-state index in [0.717, 1.165) is 21.5 Å². The number of aryl methyl sites for hydroxylation is 1. The van der Waals surface area contributed by atoms with Gasteiger partial charge in [-0.15, -0.1) is 11.8 Å². The van der Waals surface area contributed by atoms with E-state index in [0.29, 0.717) is 36.0 Å². The van der Waals surface area contributed by atoms with Crippen molar-refractivity contribution in [2.24, 2.45) is 5.92 Å². The van der Waals surface area contributed by atoms with Gasteiger partial charge in [-0.2, -0.15) is 4.31 Å². The number of carbonyl (C=O) groups excluding carboxylic acids is 1. The molecule has 0 radical (unpaired) electrons. The van der Waals surface area contributed by atoms with Crippen molar-refractivity contribution in [3.05, 3.63) is 48.0 Å². The highest BCUT2D eigenvalue weighted by molar-refractivity contribution is 7.99. The van der Waals surface area contributed by atoms with Gasteiger partial charge in [0.15, 0.2) is 5.13 Å². The molecule has 1 aromatic heterocycles. The highest BCUT2D eigenvalue weighted by atomic mass is 32.2. The van der Waals surface area contributed by atoms with Gasteiger partial charge in [0.05, 0.1) is 15.1 Å². The van der Waals surface area contributed by atoms with Gasteiger partial charge >= 0.3 is 0 Å². The number of sulfonamides is 1. The van der Waals surface area contributed by atoms with Gasteiger partial charge in [0.25, 0.3) is 0 Å². The number of piperidine rings is 1. The summed E-state index contributed by atoms with van der Waals surface area (Å²) in [5.41, 5.74) is 2.11. The van der Waals surface area contributed by atoms with Gasteiger partial charge in [-0.25, -0.2) is 13.4 Å². The zero-order valence-electron chi connectivity index (χ0n) is 17.5. The SMILES string of the molecule is CCc1cccc2sc(NC(=O)C3CCN(S(=O)(=O)c4ccccc4SC)CC3)nc12. The number of fused-ring (bicyclic) bond motifs is 1. The molecule has 0 aliphatic carbocycles. The summed E-state index contributed by atoms with van der Waals surface area (Å²) in [5.74, 6) is -0.307. The number of rotatable bonds is 6. The number of hydrogen-bond acceptors (Lipinski definition) is 6. The van der Waals surface area contributed by atoms with Crippen LogP contribution in [0.3, 0.4) is 0 Å². The molecule has 2 heterocycles. The van der Waals surface area contributed by atoms with Gasteiger partial charge in [-0.05, 0) is 49.3 Å². The normalized spacial score (nSPS) is 15.9. The lowest BCUT2D eigenvalue weighted by Crippen LogP contribution is -2.41. The van der Waals surface area contributed by atoms with Gasteiger partial charge in [0, 0.05) is 23.9 Å². The van der Waals surface area contributed by atoms with Gasteiger partial charge in [0.2, 0.25) is 15.9 Å². The second kappa shape index (κ2) is 9.28. The Bertz CT molecular complexity index is 1200. The minimum atomic E-state index is -3.57. The molecule has 0 saturated carbocycles. The number of carbonyl (C=O) groups is 1. The minimum Gasteiger partial charge on any atom is -0.302 e. The fourth-order valence-corrected chi connectivity index (χ4v) is 7.39. The number of anilines is 1. The topological polar surface area (TPSA) is 79.4 Å². The molecule has 1 N–H and O–H groups in total. The first kappa shape index (κ1) is 22.3. The van der Waals surface area contributed by atoms with Crippen molar-refractivity contribution < 1.29 is 13.2 Å². The largest absolute Gasteiger partial charge is 0.302 e. The van der Waals surface area contributed by atoms with Crippen molar-refractivity contribution in [1.29, 1.82) is 0 Å². The molecular weight excluding hydrogens is 450 g/mol. The van der Waals surface area contributed by atoms with E-state index in [2.05, 4.69) is 23.3 Å². The molecule has 1 fully saturated rings. The average Bonchev–Trinajstić information content (AvgIpc) is 3.21. The van der Waals surface area contributed by atoms with Crippen LogP contribution in [0.2, 0.25) is 0 Å². The van der Waals surface area contributed by atoms with E-state index in [1.807, 2.05) is 30.5 Å². The quantitative estimate of drug-likeness (QED) is 0.526. The van der Waals surface area contributed by atoms with E-state index < -0.39 is 10.0 Å². The van der Waals surface area contributed by atoms with Gasteiger partial charge in [0.1, 0.15) is 0 Å². The molecule has 0 atom stereocenters. The molecule has 3 aromatic rings. The van der Waals surface area contributed by atoms with Crippen molar-refractivity contribution in [2.45, 2.75) is 36.0 Å². The highest BCUT2D eigenvalue weighted by Gasteiger charge is 2.33. The number of amides is 1. The first-order chi connectivity index (χ1) is 14.9. The molecular formula is C22H25N3O3S3. The summed E-state index contributed by atoms with van der Waals surface area (Å²) in [6.45, 7) is 2.76. The third-order valence-corrected chi connectivity index (χ3v) is 9.44. The Morgan fingerprint density at radius 1 is 1.19 bits per heavy atom. The van der Waals surface area contributed by atoms with Crippen LogP contribution in [0.4, 0.5) is 5.13 Å². The first-order valence-corrected chi connectivity index (χ1v) is 13.7. The predicted octanol–water partition coefficient (Wildman–Crippen LogP) is 4.62.